The topological polar surface area (TPSA) is 108 Å². The number of esters is 2. The number of unbranched alkanes of at least 4 members (excludes halogenated alkanes) is 37. The second kappa shape index (κ2) is 48.8. The molecule has 0 fully saturated rings. The van der Waals surface area contributed by atoms with Gasteiger partial charge in [-0.05, 0) is 32.1 Å². The monoisotopic (exact) mass is 957 g/mol. The SMILES string of the molecule is CCCC/C=C\CCCCCCCC(=O)OC(COC(=O)CCCCCCCCCCCCCCCCCCCCCCCCCCCCCCCCC)COP(=O)(O)OCC[N+](C)(C)C. The Morgan fingerprint density at radius 1 is 0.455 bits per heavy atom. The lowest BCUT2D eigenvalue weighted by molar-refractivity contribution is -0.870. The van der Waals surface area contributed by atoms with Crippen LogP contribution in [0.5, 0.6) is 0 Å². The number of phosphoric acid groups is 1. The lowest BCUT2D eigenvalue weighted by Gasteiger charge is -2.24. The van der Waals surface area contributed by atoms with Crippen molar-refractivity contribution in [3.8, 4) is 0 Å². The highest BCUT2D eigenvalue weighted by Crippen LogP contribution is 2.43. The summed E-state index contributed by atoms with van der Waals surface area (Å²) in [6.45, 7) is 4.42. The molecule has 0 aromatic carbocycles. The lowest BCUT2D eigenvalue weighted by Crippen LogP contribution is -2.37. The van der Waals surface area contributed by atoms with Crippen molar-refractivity contribution in [1.29, 1.82) is 0 Å². The number of phosphoric ester groups is 1. The molecule has 0 aromatic heterocycles. The lowest BCUT2D eigenvalue weighted by atomic mass is 10.0. The van der Waals surface area contributed by atoms with Gasteiger partial charge in [-0.15, -0.1) is 0 Å². The summed E-state index contributed by atoms with van der Waals surface area (Å²) in [6, 6.07) is 0. The number of allylic oxidation sites excluding steroid dienone is 2. The van der Waals surface area contributed by atoms with Gasteiger partial charge in [-0.1, -0.05) is 251 Å². The molecule has 66 heavy (non-hydrogen) atoms. The summed E-state index contributed by atoms with van der Waals surface area (Å²) < 4.78 is 34.4. The Bertz CT molecular complexity index is 1130. The summed E-state index contributed by atoms with van der Waals surface area (Å²) >= 11 is 0. The second-order valence-corrected chi connectivity index (χ2v) is 22.1. The molecular formula is C56H111NO8P+. The van der Waals surface area contributed by atoms with Crippen LogP contribution in [0.3, 0.4) is 0 Å². The van der Waals surface area contributed by atoms with E-state index in [4.69, 9.17) is 18.5 Å². The summed E-state index contributed by atoms with van der Waals surface area (Å²) in [4.78, 5) is 35.5. The minimum atomic E-state index is -4.37. The normalized spacial score (nSPS) is 13.4. The van der Waals surface area contributed by atoms with E-state index in [0.29, 0.717) is 23.9 Å². The summed E-state index contributed by atoms with van der Waals surface area (Å²) in [5, 5.41) is 0. The number of rotatable bonds is 53. The molecule has 2 unspecified atom stereocenters. The number of quaternary nitrogens is 1. The minimum absolute atomic E-state index is 0.0333. The van der Waals surface area contributed by atoms with Crippen LogP contribution in [0, 0.1) is 0 Å². The van der Waals surface area contributed by atoms with E-state index in [0.717, 1.165) is 57.8 Å². The van der Waals surface area contributed by atoms with Crippen molar-refractivity contribution in [3.63, 3.8) is 0 Å². The average Bonchev–Trinajstić information content (AvgIpc) is 3.27. The van der Waals surface area contributed by atoms with Crippen molar-refractivity contribution in [2.24, 2.45) is 0 Å². The molecule has 0 saturated heterocycles. The largest absolute Gasteiger partial charge is 0.472 e. The van der Waals surface area contributed by atoms with Crippen LogP contribution in [0.4, 0.5) is 0 Å². The Balaban J connectivity index is 3.92. The third kappa shape index (κ3) is 52.1. The van der Waals surface area contributed by atoms with Crippen LogP contribution in [0.1, 0.15) is 284 Å². The maximum absolute atomic E-state index is 12.7. The molecule has 0 aliphatic rings. The Morgan fingerprint density at radius 2 is 0.788 bits per heavy atom. The number of ether oxygens (including phenoxy) is 2. The maximum atomic E-state index is 12.7. The first-order valence-corrected chi connectivity index (χ1v) is 29.9. The van der Waals surface area contributed by atoms with Crippen LogP contribution in [-0.4, -0.2) is 74.9 Å². The molecule has 0 rings (SSSR count). The molecule has 0 aromatic rings. The Hall–Kier alpha value is -1.25. The third-order valence-corrected chi connectivity index (χ3v) is 13.8. The van der Waals surface area contributed by atoms with Crippen molar-refractivity contribution in [3.05, 3.63) is 12.2 Å². The van der Waals surface area contributed by atoms with E-state index in [9.17, 15) is 19.0 Å². The number of carbonyl (C=O) groups is 2. The molecule has 0 spiro atoms. The summed E-state index contributed by atoms with van der Waals surface area (Å²) in [5.41, 5.74) is 0. The first kappa shape index (κ1) is 64.8. The van der Waals surface area contributed by atoms with Gasteiger partial charge in [-0.3, -0.25) is 18.6 Å². The maximum Gasteiger partial charge on any atom is 0.472 e. The average molecular weight is 957 g/mol. The fraction of sp³-hybridized carbons (Fsp3) is 0.929. The van der Waals surface area contributed by atoms with Crippen molar-refractivity contribution in [2.45, 2.75) is 290 Å². The van der Waals surface area contributed by atoms with Gasteiger partial charge in [0, 0.05) is 12.8 Å². The van der Waals surface area contributed by atoms with Gasteiger partial charge in [-0.25, -0.2) is 4.57 Å². The number of nitrogens with zero attached hydrogens (tertiary/aromatic N) is 1. The molecule has 1 N–H and O–H groups in total. The molecule has 9 nitrogen and oxygen atoms in total. The van der Waals surface area contributed by atoms with Crippen molar-refractivity contribution < 1.29 is 42.1 Å². The molecule has 0 aliphatic carbocycles. The van der Waals surface area contributed by atoms with E-state index in [1.54, 1.807) is 0 Å². The summed E-state index contributed by atoms with van der Waals surface area (Å²) in [7, 11) is 1.49. The van der Waals surface area contributed by atoms with Gasteiger partial charge in [0.1, 0.15) is 19.8 Å². The molecule has 0 amide bonds. The fourth-order valence-electron chi connectivity index (χ4n) is 8.35. The molecular weight excluding hydrogens is 846 g/mol. The Labute approximate surface area is 409 Å². The summed E-state index contributed by atoms with van der Waals surface area (Å²) in [5.74, 6) is -0.795. The van der Waals surface area contributed by atoms with Crippen LogP contribution in [-0.2, 0) is 32.7 Å². The van der Waals surface area contributed by atoms with Crippen molar-refractivity contribution >= 4 is 19.8 Å². The molecule has 0 heterocycles. The number of carbonyl (C=O) groups excluding carboxylic acids is 2. The highest BCUT2D eigenvalue weighted by atomic mass is 31.2. The highest BCUT2D eigenvalue weighted by molar-refractivity contribution is 7.47. The van der Waals surface area contributed by atoms with Gasteiger partial charge >= 0.3 is 19.8 Å². The number of hydrogen-bond acceptors (Lipinski definition) is 7. The zero-order valence-corrected chi connectivity index (χ0v) is 45.4. The molecule has 0 saturated carbocycles. The molecule has 392 valence electrons. The van der Waals surface area contributed by atoms with E-state index >= 15 is 0 Å². The first-order valence-electron chi connectivity index (χ1n) is 28.4. The number of hydrogen-bond donors (Lipinski definition) is 1. The second-order valence-electron chi connectivity index (χ2n) is 20.7. The zero-order valence-electron chi connectivity index (χ0n) is 44.5. The van der Waals surface area contributed by atoms with E-state index in [-0.39, 0.29) is 25.6 Å². The van der Waals surface area contributed by atoms with Gasteiger partial charge < -0.3 is 18.9 Å². The van der Waals surface area contributed by atoms with Crippen molar-refractivity contribution in [2.75, 3.05) is 47.5 Å². The molecule has 2 atom stereocenters. The van der Waals surface area contributed by atoms with Gasteiger partial charge in [0.15, 0.2) is 6.10 Å². The van der Waals surface area contributed by atoms with E-state index in [1.165, 1.54) is 193 Å². The smallest absolute Gasteiger partial charge is 0.462 e. The quantitative estimate of drug-likeness (QED) is 0.0211. The standard InChI is InChI=1S/C56H110NO8P/c1-6-8-10-12-14-16-18-19-20-21-22-23-24-25-26-27-28-29-30-31-32-33-34-35-36-37-39-40-42-44-46-48-55(58)62-52-54(53-64-66(60,61)63-51-50-57(3,4)5)65-56(59)49-47-45-43-41-38-17-15-13-11-9-7-2/h13,15,54H,6-12,14,16-53H2,1-5H3/p+1/b15-13-. The van der Waals surface area contributed by atoms with Crippen LogP contribution < -0.4 is 0 Å². The Kier molecular flexibility index (Phi) is 47.8. The van der Waals surface area contributed by atoms with Gasteiger partial charge in [0.05, 0.1) is 27.7 Å². The van der Waals surface area contributed by atoms with Crippen LogP contribution in [0.15, 0.2) is 12.2 Å². The first-order chi connectivity index (χ1) is 32.0. The van der Waals surface area contributed by atoms with Gasteiger partial charge in [0.25, 0.3) is 0 Å². The van der Waals surface area contributed by atoms with Gasteiger partial charge in [0.2, 0.25) is 0 Å². The molecule has 10 heteroatoms. The van der Waals surface area contributed by atoms with Gasteiger partial charge in [-0.2, -0.15) is 0 Å². The summed E-state index contributed by atoms with van der Waals surface area (Å²) in [6.07, 6.45) is 56.0. The predicted octanol–water partition coefficient (Wildman–Crippen LogP) is 17.3. The fourth-order valence-corrected chi connectivity index (χ4v) is 9.09. The highest BCUT2D eigenvalue weighted by Gasteiger charge is 2.27. The molecule has 0 bridgehead atoms. The van der Waals surface area contributed by atoms with Crippen LogP contribution in [0.2, 0.25) is 0 Å². The Morgan fingerprint density at radius 3 is 1.17 bits per heavy atom. The zero-order chi connectivity index (χ0) is 48.5. The minimum Gasteiger partial charge on any atom is -0.462 e. The predicted molar refractivity (Wildman–Crippen MR) is 280 cm³/mol. The van der Waals surface area contributed by atoms with E-state index in [1.807, 2.05) is 21.1 Å². The van der Waals surface area contributed by atoms with E-state index < -0.39 is 26.5 Å². The third-order valence-electron chi connectivity index (χ3n) is 12.8. The number of likely N-dealkylation sites (N-methyl/N-ethyl adjacent to an activating group) is 1. The molecule has 0 radical (unpaired) electrons. The van der Waals surface area contributed by atoms with Crippen molar-refractivity contribution in [1.82, 2.24) is 0 Å². The van der Waals surface area contributed by atoms with Crippen LogP contribution >= 0.6 is 7.82 Å². The van der Waals surface area contributed by atoms with Crippen LogP contribution in [0.25, 0.3) is 0 Å². The van der Waals surface area contributed by atoms with E-state index in [2.05, 4.69) is 26.0 Å². The molecule has 0 aliphatic heterocycles.